The van der Waals surface area contributed by atoms with Crippen molar-refractivity contribution in [3.8, 4) is 17.2 Å². The third kappa shape index (κ3) is 9.01. The Morgan fingerprint density at radius 3 is 2.06 bits per heavy atom. The van der Waals surface area contributed by atoms with Gasteiger partial charge in [-0.2, -0.15) is 0 Å². The summed E-state index contributed by atoms with van der Waals surface area (Å²) in [7, 11) is 6.82. The van der Waals surface area contributed by atoms with Crippen molar-refractivity contribution in [1.82, 2.24) is 20.0 Å². The maximum absolute atomic E-state index is 5.49. The summed E-state index contributed by atoms with van der Waals surface area (Å²) >= 11 is 0. The minimum absolute atomic E-state index is 0. The Kier molecular flexibility index (Phi) is 14.5. The van der Waals surface area contributed by atoms with E-state index in [9.17, 15) is 0 Å². The number of benzene rings is 1. The summed E-state index contributed by atoms with van der Waals surface area (Å²) in [5, 5.41) is 3.55. The summed E-state index contributed by atoms with van der Waals surface area (Å²) in [4.78, 5) is 11.8. The first-order valence-corrected chi connectivity index (χ1v) is 11.8. The van der Waals surface area contributed by atoms with Crippen molar-refractivity contribution in [2.75, 3.05) is 80.7 Å². The summed E-state index contributed by atoms with van der Waals surface area (Å²) in [6, 6.07) is 4.07. The largest absolute Gasteiger partial charge is 0.493 e. The minimum atomic E-state index is 0. The van der Waals surface area contributed by atoms with Crippen LogP contribution in [0.5, 0.6) is 17.2 Å². The second-order valence-corrected chi connectivity index (χ2v) is 8.00. The molecular formula is C24H44IN5O3. The zero-order valence-corrected chi connectivity index (χ0v) is 23.7. The first kappa shape index (κ1) is 29.6. The topological polar surface area (TPSA) is 61.8 Å². The highest BCUT2D eigenvalue weighted by atomic mass is 127. The van der Waals surface area contributed by atoms with Gasteiger partial charge in [0.2, 0.25) is 5.75 Å². The third-order valence-electron chi connectivity index (χ3n) is 6.09. The molecule has 33 heavy (non-hydrogen) atoms. The molecule has 1 aliphatic heterocycles. The lowest BCUT2D eigenvalue weighted by Gasteiger charge is -2.36. The van der Waals surface area contributed by atoms with Gasteiger partial charge in [0, 0.05) is 46.3 Å². The maximum Gasteiger partial charge on any atom is 0.203 e. The Morgan fingerprint density at radius 1 is 0.970 bits per heavy atom. The van der Waals surface area contributed by atoms with Gasteiger partial charge in [0.25, 0.3) is 0 Å². The van der Waals surface area contributed by atoms with E-state index in [1.54, 1.807) is 21.3 Å². The normalized spacial score (nSPS) is 14.8. The van der Waals surface area contributed by atoms with Gasteiger partial charge in [-0.05, 0) is 50.2 Å². The predicted molar refractivity (Wildman–Crippen MR) is 147 cm³/mol. The Hall–Kier alpha value is -1.46. The van der Waals surface area contributed by atoms with Crippen LogP contribution in [-0.2, 0) is 6.54 Å². The molecule has 0 aliphatic carbocycles. The average molecular weight is 578 g/mol. The number of hydrogen-bond acceptors (Lipinski definition) is 6. The number of aliphatic imine (C=N–C) groups is 1. The molecule has 1 heterocycles. The van der Waals surface area contributed by atoms with Gasteiger partial charge in [0.1, 0.15) is 0 Å². The van der Waals surface area contributed by atoms with Crippen LogP contribution in [0, 0.1) is 0 Å². The fourth-order valence-corrected chi connectivity index (χ4v) is 4.14. The van der Waals surface area contributed by atoms with Gasteiger partial charge in [-0.25, -0.2) is 0 Å². The van der Waals surface area contributed by atoms with Crippen LogP contribution < -0.4 is 19.5 Å². The van der Waals surface area contributed by atoms with Crippen LogP contribution in [0.2, 0.25) is 0 Å². The molecule has 0 bridgehead atoms. The molecule has 0 spiro atoms. The summed E-state index contributed by atoms with van der Waals surface area (Å²) in [6.07, 6.45) is 2.38. The first-order chi connectivity index (χ1) is 15.6. The van der Waals surface area contributed by atoms with Crippen molar-refractivity contribution in [1.29, 1.82) is 0 Å². The Balaban J connectivity index is 0.00000544. The quantitative estimate of drug-likeness (QED) is 0.177. The SMILES string of the molecule is CCN(CC)CCCCNC(=NC)N1CCN(Cc2cc(OC)c(OC)c(OC)c2)CC1.I. The van der Waals surface area contributed by atoms with Gasteiger partial charge in [0.05, 0.1) is 21.3 Å². The van der Waals surface area contributed by atoms with Crippen LogP contribution in [0.1, 0.15) is 32.3 Å². The van der Waals surface area contributed by atoms with Gasteiger partial charge in [-0.15, -0.1) is 24.0 Å². The number of ether oxygens (including phenoxy) is 3. The molecule has 0 aromatic heterocycles. The van der Waals surface area contributed by atoms with Crippen molar-refractivity contribution in [2.24, 2.45) is 4.99 Å². The lowest BCUT2D eigenvalue weighted by Crippen LogP contribution is -2.52. The fraction of sp³-hybridized carbons (Fsp3) is 0.708. The molecule has 1 N–H and O–H groups in total. The van der Waals surface area contributed by atoms with Gasteiger partial charge < -0.3 is 29.3 Å². The van der Waals surface area contributed by atoms with Crippen LogP contribution in [0.15, 0.2) is 17.1 Å². The average Bonchev–Trinajstić information content (AvgIpc) is 2.83. The molecule has 1 saturated heterocycles. The van der Waals surface area contributed by atoms with Crippen molar-refractivity contribution in [2.45, 2.75) is 33.2 Å². The van der Waals surface area contributed by atoms with Crippen molar-refractivity contribution >= 4 is 29.9 Å². The Morgan fingerprint density at radius 2 is 1.58 bits per heavy atom. The van der Waals surface area contributed by atoms with Crippen LogP contribution in [0.25, 0.3) is 0 Å². The van der Waals surface area contributed by atoms with Crippen LogP contribution in [0.3, 0.4) is 0 Å². The van der Waals surface area contributed by atoms with Crippen molar-refractivity contribution in [3.05, 3.63) is 17.7 Å². The van der Waals surface area contributed by atoms with Gasteiger partial charge in [-0.3, -0.25) is 9.89 Å². The Labute approximate surface area is 217 Å². The third-order valence-corrected chi connectivity index (χ3v) is 6.09. The van der Waals surface area contributed by atoms with Gasteiger partial charge in [-0.1, -0.05) is 13.8 Å². The number of unbranched alkanes of at least 4 members (excludes halogenated alkanes) is 1. The summed E-state index contributed by atoms with van der Waals surface area (Å²) < 4.78 is 16.4. The lowest BCUT2D eigenvalue weighted by molar-refractivity contribution is 0.172. The second-order valence-electron chi connectivity index (χ2n) is 8.00. The number of hydrogen-bond donors (Lipinski definition) is 1. The molecule has 0 amide bonds. The molecule has 1 aromatic carbocycles. The van der Waals surface area contributed by atoms with E-state index in [1.165, 1.54) is 13.0 Å². The molecule has 1 aliphatic rings. The van der Waals surface area contributed by atoms with E-state index < -0.39 is 0 Å². The van der Waals surface area contributed by atoms with E-state index >= 15 is 0 Å². The standard InChI is InChI=1S/C24H43N5O3.HI/c1-7-27(8-2)12-10-9-11-26-24(25-3)29-15-13-28(14-16-29)19-20-17-21(30-4)23(32-6)22(18-20)31-5;/h17-18H,7-16,19H2,1-6H3,(H,25,26);1H. The van der Waals surface area contributed by atoms with E-state index in [2.05, 4.69) is 38.9 Å². The smallest absolute Gasteiger partial charge is 0.203 e. The molecule has 8 nitrogen and oxygen atoms in total. The first-order valence-electron chi connectivity index (χ1n) is 11.8. The van der Waals surface area contributed by atoms with E-state index in [1.807, 2.05) is 19.2 Å². The number of methoxy groups -OCH3 is 3. The Bertz CT molecular complexity index is 682. The highest BCUT2D eigenvalue weighted by Gasteiger charge is 2.21. The highest BCUT2D eigenvalue weighted by Crippen LogP contribution is 2.38. The van der Waals surface area contributed by atoms with Crippen LogP contribution in [0.4, 0.5) is 0 Å². The van der Waals surface area contributed by atoms with E-state index in [-0.39, 0.29) is 24.0 Å². The highest BCUT2D eigenvalue weighted by molar-refractivity contribution is 14.0. The summed E-state index contributed by atoms with van der Waals surface area (Å²) in [6.45, 7) is 13.6. The number of halogens is 1. The predicted octanol–water partition coefficient (Wildman–Crippen LogP) is 3.15. The number of rotatable bonds is 12. The molecule has 2 rings (SSSR count). The number of guanidine groups is 1. The van der Waals surface area contributed by atoms with Gasteiger partial charge >= 0.3 is 0 Å². The lowest BCUT2D eigenvalue weighted by atomic mass is 10.1. The molecule has 190 valence electrons. The molecule has 0 unspecified atom stereocenters. The molecule has 9 heteroatoms. The summed E-state index contributed by atoms with van der Waals surface area (Å²) in [5.41, 5.74) is 1.16. The van der Waals surface area contributed by atoms with Crippen molar-refractivity contribution < 1.29 is 14.2 Å². The van der Waals surface area contributed by atoms with Crippen molar-refractivity contribution in [3.63, 3.8) is 0 Å². The molecule has 1 fully saturated rings. The van der Waals surface area contributed by atoms with Crippen LogP contribution >= 0.6 is 24.0 Å². The van der Waals surface area contributed by atoms with Crippen LogP contribution in [-0.4, -0.2) is 101 Å². The minimum Gasteiger partial charge on any atom is -0.493 e. The second kappa shape index (κ2) is 16.2. The summed E-state index contributed by atoms with van der Waals surface area (Å²) in [5.74, 6) is 3.05. The molecule has 1 aromatic rings. The molecule has 0 radical (unpaired) electrons. The van der Waals surface area contributed by atoms with Gasteiger partial charge in [0.15, 0.2) is 17.5 Å². The molecule has 0 saturated carbocycles. The number of nitrogens with zero attached hydrogens (tertiary/aromatic N) is 4. The monoisotopic (exact) mass is 577 g/mol. The molecule has 0 atom stereocenters. The van der Waals surface area contributed by atoms with E-state index in [4.69, 9.17) is 14.2 Å². The zero-order valence-electron chi connectivity index (χ0n) is 21.4. The number of piperazine rings is 1. The molecular weight excluding hydrogens is 533 g/mol. The van der Waals surface area contributed by atoms with E-state index in [0.717, 1.165) is 70.3 Å². The zero-order chi connectivity index (χ0) is 23.3. The van der Waals surface area contributed by atoms with E-state index in [0.29, 0.717) is 17.2 Å². The number of nitrogens with one attached hydrogen (secondary N) is 1. The maximum atomic E-state index is 5.49. The fourth-order valence-electron chi connectivity index (χ4n) is 4.14.